The first kappa shape index (κ1) is 15.6. The molecule has 0 aliphatic carbocycles. The molecule has 3 N–H and O–H groups in total. The third kappa shape index (κ3) is 3.32. The highest BCUT2D eigenvalue weighted by Crippen LogP contribution is 2.19. The van der Waals surface area contributed by atoms with Crippen LogP contribution in [0.25, 0.3) is 10.9 Å². The molecular weight excluding hydrogens is 318 g/mol. The van der Waals surface area contributed by atoms with Crippen molar-refractivity contribution in [1.82, 2.24) is 20.3 Å². The van der Waals surface area contributed by atoms with Crippen molar-refractivity contribution >= 4 is 22.6 Å². The van der Waals surface area contributed by atoms with Crippen LogP contribution in [0, 0.1) is 0 Å². The van der Waals surface area contributed by atoms with Gasteiger partial charge in [-0.2, -0.15) is 0 Å². The Labute approximate surface area is 144 Å². The van der Waals surface area contributed by atoms with Crippen molar-refractivity contribution in [2.45, 2.75) is 18.5 Å². The molecule has 1 aliphatic heterocycles. The Morgan fingerprint density at radius 2 is 2.20 bits per heavy atom. The number of benzene rings is 1. The molecule has 1 saturated heterocycles. The van der Waals surface area contributed by atoms with Crippen LogP contribution in [0.15, 0.2) is 49.1 Å². The van der Waals surface area contributed by atoms with Crippen molar-refractivity contribution in [1.29, 1.82) is 0 Å². The van der Waals surface area contributed by atoms with Crippen molar-refractivity contribution in [2.75, 3.05) is 18.5 Å². The summed E-state index contributed by atoms with van der Waals surface area (Å²) < 4.78 is 5.57. The number of ether oxygens (including phenoxy) is 1. The molecule has 25 heavy (non-hydrogen) atoms. The number of rotatable bonds is 4. The molecule has 1 amide bonds. The predicted molar refractivity (Wildman–Crippen MR) is 94.4 cm³/mol. The molecule has 0 radical (unpaired) electrons. The maximum Gasteiger partial charge on any atom is 0.252 e. The summed E-state index contributed by atoms with van der Waals surface area (Å²) in [6.45, 7) is 1.14. The van der Waals surface area contributed by atoms with Gasteiger partial charge in [-0.3, -0.25) is 4.79 Å². The van der Waals surface area contributed by atoms with E-state index >= 15 is 0 Å². The molecule has 0 bridgehead atoms. The number of H-pyrrole nitrogens is 1. The lowest BCUT2D eigenvalue weighted by Gasteiger charge is -2.33. The number of aromatic nitrogens is 3. The molecule has 4 rings (SSSR count). The van der Waals surface area contributed by atoms with E-state index in [-0.39, 0.29) is 18.0 Å². The topological polar surface area (TPSA) is 91.9 Å². The minimum atomic E-state index is -0.0772. The van der Waals surface area contributed by atoms with Gasteiger partial charge in [0.1, 0.15) is 12.1 Å². The van der Waals surface area contributed by atoms with Gasteiger partial charge in [0, 0.05) is 35.5 Å². The molecule has 7 nitrogen and oxygen atoms in total. The van der Waals surface area contributed by atoms with Gasteiger partial charge in [0.15, 0.2) is 0 Å². The van der Waals surface area contributed by atoms with Crippen molar-refractivity contribution in [3.8, 4) is 0 Å². The normalized spacial score (nSPS) is 20.3. The maximum atomic E-state index is 12.8. The Balaban J connectivity index is 1.51. The fourth-order valence-corrected chi connectivity index (χ4v) is 3.15. The van der Waals surface area contributed by atoms with E-state index in [0.717, 1.165) is 23.1 Å². The molecule has 7 heteroatoms. The van der Waals surface area contributed by atoms with Crippen LogP contribution in [0.3, 0.4) is 0 Å². The predicted octanol–water partition coefficient (Wildman–Crippen LogP) is 1.96. The van der Waals surface area contributed by atoms with Crippen molar-refractivity contribution in [2.24, 2.45) is 0 Å². The van der Waals surface area contributed by atoms with Crippen molar-refractivity contribution in [3.63, 3.8) is 0 Å². The van der Waals surface area contributed by atoms with Crippen LogP contribution in [0.5, 0.6) is 0 Å². The van der Waals surface area contributed by atoms with E-state index in [1.807, 2.05) is 30.5 Å². The average Bonchev–Trinajstić information content (AvgIpc) is 3.13. The highest BCUT2D eigenvalue weighted by atomic mass is 16.5. The molecule has 0 saturated carbocycles. The number of hydrogen-bond donors (Lipinski definition) is 3. The Kier molecular flexibility index (Phi) is 4.30. The van der Waals surface area contributed by atoms with Gasteiger partial charge in [0.2, 0.25) is 0 Å². The summed E-state index contributed by atoms with van der Waals surface area (Å²) in [4.78, 5) is 24.0. The Hall–Kier alpha value is -2.93. The standard InChI is InChI=1S/C18H19N5O2/c24-18(13-2-1-3-14-12(13)4-8-20-14)23-15-6-9-25-10-16(15)22-17-5-7-19-11-21-17/h1-5,7-8,11,15-16,20H,6,9-10H2,(H,23,24)(H,19,21,22)/t15-,16+/m0/s1. The van der Waals surface area contributed by atoms with E-state index in [1.54, 1.807) is 12.3 Å². The first-order valence-electron chi connectivity index (χ1n) is 8.28. The fourth-order valence-electron chi connectivity index (χ4n) is 3.15. The van der Waals surface area contributed by atoms with Crippen LogP contribution in [-0.4, -0.2) is 46.2 Å². The summed E-state index contributed by atoms with van der Waals surface area (Å²) in [5, 5.41) is 7.40. The number of hydrogen-bond acceptors (Lipinski definition) is 5. The summed E-state index contributed by atoms with van der Waals surface area (Å²) in [5.74, 6) is 0.643. The molecule has 2 atom stereocenters. The van der Waals surface area contributed by atoms with E-state index in [4.69, 9.17) is 4.74 Å². The van der Waals surface area contributed by atoms with Gasteiger partial charge in [0.25, 0.3) is 5.91 Å². The van der Waals surface area contributed by atoms with E-state index in [2.05, 4.69) is 25.6 Å². The molecule has 2 aromatic heterocycles. The summed E-state index contributed by atoms with van der Waals surface area (Å²) >= 11 is 0. The second-order valence-corrected chi connectivity index (χ2v) is 6.03. The van der Waals surface area contributed by atoms with Crippen LogP contribution < -0.4 is 10.6 Å². The second-order valence-electron chi connectivity index (χ2n) is 6.03. The van der Waals surface area contributed by atoms with Crippen molar-refractivity contribution in [3.05, 3.63) is 54.6 Å². The summed E-state index contributed by atoms with van der Waals surface area (Å²) in [6.07, 6.45) is 5.76. The quantitative estimate of drug-likeness (QED) is 0.677. The number of anilines is 1. The highest BCUT2D eigenvalue weighted by molar-refractivity contribution is 6.06. The maximum absolute atomic E-state index is 12.8. The van der Waals surface area contributed by atoms with Gasteiger partial charge in [-0.05, 0) is 30.7 Å². The SMILES string of the molecule is O=C(N[C@H]1CCOC[C@H]1Nc1ccncn1)c1cccc2[nH]ccc12. The van der Waals surface area contributed by atoms with E-state index in [9.17, 15) is 4.79 Å². The zero-order chi connectivity index (χ0) is 17.1. The molecule has 0 spiro atoms. The van der Waals surface area contributed by atoms with Crippen LogP contribution in [0.1, 0.15) is 16.8 Å². The smallest absolute Gasteiger partial charge is 0.252 e. The Morgan fingerprint density at radius 3 is 3.08 bits per heavy atom. The zero-order valence-corrected chi connectivity index (χ0v) is 13.6. The lowest BCUT2D eigenvalue weighted by Crippen LogP contribution is -2.52. The lowest BCUT2D eigenvalue weighted by molar-refractivity contribution is 0.0620. The number of aromatic amines is 1. The van der Waals surface area contributed by atoms with Crippen molar-refractivity contribution < 1.29 is 9.53 Å². The molecule has 3 aromatic rings. The number of nitrogens with zero attached hydrogens (tertiary/aromatic N) is 2. The number of carbonyl (C=O) groups is 1. The van der Waals surface area contributed by atoms with Gasteiger partial charge in [-0.1, -0.05) is 6.07 Å². The molecule has 128 valence electrons. The van der Waals surface area contributed by atoms with Gasteiger partial charge in [-0.15, -0.1) is 0 Å². The number of fused-ring (bicyclic) bond motifs is 1. The third-order valence-corrected chi connectivity index (χ3v) is 4.43. The fraction of sp³-hybridized carbons (Fsp3) is 0.278. The molecular formula is C18H19N5O2. The van der Waals surface area contributed by atoms with Gasteiger partial charge in [-0.25, -0.2) is 9.97 Å². The average molecular weight is 337 g/mol. The zero-order valence-electron chi connectivity index (χ0n) is 13.6. The Bertz CT molecular complexity index is 864. The minimum absolute atomic E-state index is 0.0367. The van der Waals surface area contributed by atoms with Crippen LogP contribution in [0.2, 0.25) is 0 Å². The summed E-state index contributed by atoms with van der Waals surface area (Å²) in [6, 6.07) is 9.33. The van der Waals surface area contributed by atoms with Gasteiger partial charge >= 0.3 is 0 Å². The summed E-state index contributed by atoms with van der Waals surface area (Å²) in [5.41, 5.74) is 1.63. The monoisotopic (exact) mass is 337 g/mol. The third-order valence-electron chi connectivity index (χ3n) is 4.43. The molecule has 3 heterocycles. The summed E-state index contributed by atoms with van der Waals surface area (Å²) in [7, 11) is 0. The van der Waals surface area contributed by atoms with E-state index in [1.165, 1.54) is 6.33 Å². The highest BCUT2D eigenvalue weighted by Gasteiger charge is 2.28. The van der Waals surface area contributed by atoms with Gasteiger partial charge in [0.05, 0.1) is 18.7 Å². The first-order valence-corrected chi connectivity index (χ1v) is 8.28. The van der Waals surface area contributed by atoms with E-state index in [0.29, 0.717) is 18.8 Å². The second kappa shape index (κ2) is 6.90. The van der Waals surface area contributed by atoms with Crippen LogP contribution >= 0.6 is 0 Å². The number of carbonyl (C=O) groups excluding carboxylic acids is 1. The molecule has 0 unspecified atom stereocenters. The van der Waals surface area contributed by atoms with E-state index < -0.39 is 0 Å². The molecule has 1 fully saturated rings. The molecule has 1 aliphatic rings. The van der Waals surface area contributed by atoms with Crippen LogP contribution in [0.4, 0.5) is 5.82 Å². The first-order chi connectivity index (χ1) is 12.3. The Morgan fingerprint density at radius 1 is 1.24 bits per heavy atom. The van der Waals surface area contributed by atoms with Crippen LogP contribution in [-0.2, 0) is 4.74 Å². The number of nitrogens with one attached hydrogen (secondary N) is 3. The van der Waals surface area contributed by atoms with Gasteiger partial charge < -0.3 is 20.4 Å². The molecule has 1 aromatic carbocycles. The lowest BCUT2D eigenvalue weighted by atomic mass is 10.0. The largest absolute Gasteiger partial charge is 0.379 e. The minimum Gasteiger partial charge on any atom is -0.379 e. The number of amides is 1.